The third kappa shape index (κ3) is 7.68. The van der Waals surface area contributed by atoms with E-state index in [-0.39, 0.29) is 5.91 Å². The van der Waals surface area contributed by atoms with Crippen LogP contribution in [-0.4, -0.2) is 49.6 Å². The van der Waals surface area contributed by atoms with Gasteiger partial charge in [-0.1, -0.05) is 54.6 Å². The van der Waals surface area contributed by atoms with Crippen LogP contribution in [0.1, 0.15) is 37.0 Å². The molecule has 6 heteroatoms. The molecule has 2 aromatic rings. The Kier molecular flexibility index (Phi) is 9.57. The number of hydrogen-bond donors (Lipinski definition) is 2. The van der Waals surface area contributed by atoms with Gasteiger partial charge in [-0.15, -0.1) is 0 Å². The first-order valence-corrected chi connectivity index (χ1v) is 11.7. The number of amides is 1. The van der Waals surface area contributed by atoms with Crippen LogP contribution in [0, 0.1) is 5.92 Å². The Morgan fingerprint density at radius 3 is 2.50 bits per heavy atom. The standard InChI is InChI=1S/C26H36N4O2/c1-3-27-26(28-17-22-10-12-23(13-11-22)20-32-4-2)29-18-24-16-25(31)30(19-24)15-14-21-8-6-5-7-9-21/h5-13,24H,3-4,14-20H2,1-2H3,(H2,27,28,29). The number of aliphatic imine (C=N–C) groups is 1. The highest BCUT2D eigenvalue weighted by atomic mass is 16.5. The first-order valence-electron chi connectivity index (χ1n) is 11.7. The molecule has 0 aliphatic carbocycles. The van der Waals surface area contributed by atoms with Crippen molar-refractivity contribution >= 4 is 11.9 Å². The van der Waals surface area contributed by atoms with Crippen LogP contribution in [0.25, 0.3) is 0 Å². The maximum absolute atomic E-state index is 12.4. The molecule has 0 saturated carbocycles. The van der Waals surface area contributed by atoms with Gasteiger partial charge >= 0.3 is 0 Å². The van der Waals surface area contributed by atoms with Gasteiger partial charge in [0, 0.05) is 45.1 Å². The summed E-state index contributed by atoms with van der Waals surface area (Å²) in [5.41, 5.74) is 3.60. The zero-order valence-corrected chi connectivity index (χ0v) is 19.3. The van der Waals surface area contributed by atoms with Crippen molar-refractivity contribution in [2.24, 2.45) is 10.9 Å². The lowest BCUT2D eigenvalue weighted by molar-refractivity contribution is -0.127. The molecule has 0 aromatic heterocycles. The van der Waals surface area contributed by atoms with Crippen molar-refractivity contribution in [1.82, 2.24) is 15.5 Å². The van der Waals surface area contributed by atoms with Gasteiger partial charge in [-0.3, -0.25) is 4.79 Å². The molecule has 0 bridgehead atoms. The zero-order chi connectivity index (χ0) is 22.6. The van der Waals surface area contributed by atoms with Crippen molar-refractivity contribution in [3.63, 3.8) is 0 Å². The molecule has 2 N–H and O–H groups in total. The van der Waals surface area contributed by atoms with E-state index in [4.69, 9.17) is 9.73 Å². The van der Waals surface area contributed by atoms with Gasteiger partial charge in [-0.2, -0.15) is 0 Å². The van der Waals surface area contributed by atoms with Gasteiger partial charge in [0.25, 0.3) is 0 Å². The van der Waals surface area contributed by atoms with Crippen LogP contribution in [-0.2, 0) is 29.1 Å². The van der Waals surface area contributed by atoms with Crippen LogP contribution in [0.15, 0.2) is 59.6 Å². The number of ether oxygens (including phenoxy) is 1. The zero-order valence-electron chi connectivity index (χ0n) is 19.3. The lowest BCUT2D eigenvalue weighted by atomic mass is 10.1. The Hall–Kier alpha value is -2.86. The van der Waals surface area contributed by atoms with Crippen LogP contribution >= 0.6 is 0 Å². The molecule has 1 saturated heterocycles. The molecule has 1 unspecified atom stereocenters. The molecule has 172 valence electrons. The van der Waals surface area contributed by atoms with Crippen molar-refractivity contribution in [2.75, 3.05) is 32.8 Å². The first kappa shape index (κ1) is 23.8. The highest BCUT2D eigenvalue weighted by Gasteiger charge is 2.29. The Bertz CT molecular complexity index is 852. The van der Waals surface area contributed by atoms with Crippen molar-refractivity contribution in [2.45, 2.75) is 39.8 Å². The minimum absolute atomic E-state index is 0.252. The number of guanidine groups is 1. The molecule has 1 aliphatic heterocycles. The fourth-order valence-corrected chi connectivity index (χ4v) is 3.83. The summed E-state index contributed by atoms with van der Waals surface area (Å²) in [5, 5.41) is 6.73. The van der Waals surface area contributed by atoms with E-state index in [0.29, 0.717) is 25.5 Å². The van der Waals surface area contributed by atoms with Crippen molar-refractivity contribution in [1.29, 1.82) is 0 Å². The summed E-state index contributed by atoms with van der Waals surface area (Å²) >= 11 is 0. The van der Waals surface area contributed by atoms with E-state index in [0.717, 1.165) is 50.7 Å². The molecule has 32 heavy (non-hydrogen) atoms. The Balaban J connectivity index is 1.45. The van der Waals surface area contributed by atoms with E-state index in [2.05, 4.69) is 54.0 Å². The quantitative estimate of drug-likeness (QED) is 0.419. The predicted octanol–water partition coefficient (Wildman–Crippen LogP) is 3.37. The predicted molar refractivity (Wildman–Crippen MR) is 129 cm³/mol. The third-order valence-corrected chi connectivity index (χ3v) is 5.63. The van der Waals surface area contributed by atoms with Gasteiger partial charge in [0.1, 0.15) is 0 Å². The monoisotopic (exact) mass is 436 g/mol. The summed E-state index contributed by atoms with van der Waals surface area (Å²) in [6.07, 6.45) is 1.50. The lowest BCUT2D eigenvalue weighted by Crippen LogP contribution is -2.40. The van der Waals surface area contributed by atoms with Gasteiger partial charge in [-0.25, -0.2) is 4.99 Å². The number of nitrogens with one attached hydrogen (secondary N) is 2. The van der Waals surface area contributed by atoms with Crippen LogP contribution in [0.3, 0.4) is 0 Å². The smallest absolute Gasteiger partial charge is 0.223 e. The summed E-state index contributed by atoms with van der Waals surface area (Å²) in [5.74, 6) is 1.35. The van der Waals surface area contributed by atoms with E-state index in [1.165, 1.54) is 11.1 Å². The second-order valence-electron chi connectivity index (χ2n) is 8.18. The van der Waals surface area contributed by atoms with Gasteiger partial charge < -0.3 is 20.3 Å². The average molecular weight is 437 g/mol. The molecule has 1 aliphatic rings. The third-order valence-electron chi connectivity index (χ3n) is 5.63. The maximum Gasteiger partial charge on any atom is 0.223 e. The number of likely N-dealkylation sites (tertiary alicyclic amines) is 1. The summed E-state index contributed by atoms with van der Waals surface area (Å²) in [6.45, 7) is 9.17. The van der Waals surface area contributed by atoms with E-state index in [1.807, 2.05) is 30.0 Å². The fraction of sp³-hybridized carbons (Fsp3) is 0.462. The molecule has 1 atom stereocenters. The van der Waals surface area contributed by atoms with E-state index < -0.39 is 0 Å². The molecular formula is C26H36N4O2. The van der Waals surface area contributed by atoms with E-state index in [9.17, 15) is 4.79 Å². The summed E-state index contributed by atoms with van der Waals surface area (Å²) < 4.78 is 5.45. The molecule has 6 nitrogen and oxygen atoms in total. The maximum atomic E-state index is 12.4. The van der Waals surface area contributed by atoms with Gasteiger partial charge in [0.2, 0.25) is 5.91 Å². The fourth-order valence-electron chi connectivity index (χ4n) is 3.83. The summed E-state index contributed by atoms with van der Waals surface area (Å²) in [6, 6.07) is 18.7. The highest BCUT2D eigenvalue weighted by molar-refractivity contribution is 5.81. The minimum atomic E-state index is 0.252. The number of hydrogen-bond acceptors (Lipinski definition) is 3. The number of carbonyl (C=O) groups is 1. The number of nitrogens with zero attached hydrogens (tertiary/aromatic N) is 2. The topological polar surface area (TPSA) is 66.0 Å². The Labute approximate surface area is 192 Å². The second-order valence-corrected chi connectivity index (χ2v) is 8.18. The molecule has 1 fully saturated rings. The molecule has 1 heterocycles. The number of benzene rings is 2. The SMILES string of the molecule is CCNC(=NCc1ccc(COCC)cc1)NCC1CC(=O)N(CCc2ccccc2)C1. The van der Waals surface area contributed by atoms with Crippen LogP contribution in [0.4, 0.5) is 0 Å². The largest absolute Gasteiger partial charge is 0.377 e. The van der Waals surface area contributed by atoms with Gasteiger partial charge in [0.15, 0.2) is 5.96 Å². The second kappa shape index (κ2) is 12.9. The molecule has 3 rings (SSSR count). The molecule has 2 aromatic carbocycles. The lowest BCUT2D eigenvalue weighted by Gasteiger charge is -2.18. The Morgan fingerprint density at radius 2 is 1.78 bits per heavy atom. The number of rotatable bonds is 11. The van der Waals surface area contributed by atoms with Crippen molar-refractivity contribution in [3.05, 3.63) is 71.3 Å². The molecule has 0 spiro atoms. The summed E-state index contributed by atoms with van der Waals surface area (Å²) in [4.78, 5) is 19.1. The van der Waals surface area contributed by atoms with Gasteiger partial charge in [0.05, 0.1) is 13.2 Å². The van der Waals surface area contributed by atoms with E-state index >= 15 is 0 Å². The average Bonchev–Trinajstić information content (AvgIpc) is 3.18. The summed E-state index contributed by atoms with van der Waals surface area (Å²) in [7, 11) is 0. The molecule has 1 amide bonds. The van der Waals surface area contributed by atoms with Gasteiger partial charge in [-0.05, 0) is 37.0 Å². The Morgan fingerprint density at radius 1 is 1.03 bits per heavy atom. The first-order chi connectivity index (χ1) is 15.7. The van der Waals surface area contributed by atoms with E-state index in [1.54, 1.807) is 0 Å². The molecular weight excluding hydrogens is 400 g/mol. The van der Waals surface area contributed by atoms with Crippen molar-refractivity contribution in [3.8, 4) is 0 Å². The molecule has 0 radical (unpaired) electrons. The highest BCUT2D eigenvalue weighted by Crippen LogP contribution is 2.17. The normalized spacial score (nSPS) is 16.4. The van der Waals surface area contributed by atoms with Crippen LogP contribution < -0.4 is 10.6 Å². The minimum Gasteiger partial charge on any atom is -0.377 e. The van der Waals surface area contributed by atoms with Crippen LogP contribution in [0.2, 0.25) is 0 Å². The van der Waals surface area contributed by atoms with Crippen LogP contribution in [0.5, 0.6) is 0 Å². The van der Waals surface area contributed by atoms with Crippen molar-refractivity contribution < 1.29 is 9.53 Å². The number of carbonyl (C=O) groups excluding carboxylic acids is 1.